The molecule has 1 aromatic heterocycles. The van der Waals surface area contributed by atoms with Gasteiger partial charge in [-0.1, -0.05) is 51.8 Å². The van der Waals surface area contributed by atoms with Crippen molar-refractivity contribution in [3.8, 4) is 17.5 Å². The number of nitrogens with one attached hydrogen (secondary N) is 1. The summed E-state index contributed by atoms with van der Waals surface area (Å²) in [6, 6.07) is 26.7. The summed E-state index contributed by atoms with van der Waals surface area (Å²) < 4.78 is 9.02. The van der Waals surface area contributed by atoms with E-state index in [0.717, 1.165) is 38.4 Å². The van der Waals surface area contributed by atoms with Crippen molar-refractivity contribution in [3.63, 3.8) is 0 Å². The van der Waals surface area contributed by atoms with Crippen LogP contribution in [-0.4, -0.2) is 10.5 Å². The van der Waals surface area contributed by atoms with Gasteiger partial charge in [0.05, 0.1) is 10.7 Å². The van der Waals surface area contributed by atoms with E-state index in [1.54, 1.807) is 30.3 Å². The lowest BCUT2D eigenvalue weighted by molar-refractivity contribution is -0.112. The molecule has 0 fully saturated rings. The van der Waals surface area contributed by atoms with Crippen LogP contribution in [0.4, 0.5) is 5.69 Å². The minimum Gasteiger partial charge on any atom is -0.489 e. The first-order valence-corrected chi connectivity index (χ1v) is 12.4. The monoisotopic (exact) mass is 559 g/mol. The maximum atomic E-state index is 12.7. The van der Waals surface area contributed by atoms with Crippen molar-refractivity contribution in [1.29, 1.82) is 5.26 Å². The van der Waals surface area contributed by atoms with E-state index in [1.807, 2.05) is 74.5 Å². The van der Waals surface area contributed by atoms with Crippen molar-refractivity contribution < 1.29 is 9.53 Å². The summed E-state index contributed by atoms with van der Waals surface area (Å²) in [4.78, 5) is 12.7. The highest BCUT2D eigenvalue weighted by Crippen LogP contribution is 2.26. The summed E-state index contributed by atoms with van der Waals surface area (Å²) in [5.41, 5.74) is 5.17. The highest BCUT2D eigenvalue weighted by atomic mass is 79.9. The molecule has 36 heavy (non-hydrogen) atoms. The molecule has 1 heterocycles. The molecular formula is C29H23BrClN3O2. The van der Waals surface area contributed by atoms with Crippen LogP contribution in [-0.2, 0) is 11.4 Å². The van der Waals surface area contributed by atoms with Crippen molar-refractivity contribution in [2.75, 3.05) is 5.32 Å². The van der Waals surface area contributed by atoms with Gasteiger partial charge in [-0.2, -0.15) is 5.26 Å². The summed E-state index contributed by atoms with van der Waals surface area (Å²) in [5.74, 6) is 0.259. The predicted molar refractivity (Wildman–Crippen MR) is 147 cm³/mol. The van der Waals surface area contributed by atoms with Gasteiger partial charge >= 0.3 is 0 Å². The van der Waals surface area contributed by atoms with Crippen LogP contribution in [0.1, 0.15) is 22.5 Å². The number of halogens is 2. The number of carbonyl (C=O) groups is 1. The fourth-order valence-electron chi connectivity index (χ4n) is 3.83. The lowest BCUT2D eigenvalue weighted by Gasteiger charge is -2.12. The molecule has 0 unspecified atom stereocenters. The van der Waals surface area contributed by atoms with E-state index < -0.39 is 5.91 Å². The molecule has 5 nitrogen and oxygen atoms in total. The van der Waals surface area contributed by atoms with Gasteiger partial charge < -0.3 is 14.6 Å². The summed E-state index contributed by atoms with van der Waals surface area (Å²) in [6.07, 6.45) is 1.60. The molecule has 4 aromatic rings. The highest BCUT2D eigenvalue weighted by Gasteiger charge is 2.15. The molecular weight excluding hydrogens is 538 g/mol. The van der Waals surface area contributed by atoms with Crippen LogP contribution >= 0.6 is 27.5 Å². The number of hydrogen-bond acceptors (Lipinski definition) is 3. The SMILES string of the molecule is Cc1cc(/C=C(/C#N)C(=O)Nc2ccccc2Cl)c(C)n1-c1ccc(OCc2ccc(Br)cc2)cc1. The average Bonchev–Trinajstić information content (AvgIpc) is 3.16. The second-order valence-corrected chi connectivity index (χ2v) is 9.50. The Labute approximate surface area is 223 Å². The molecule has 0 radical (unpaired) electrons. The van der Waals surface area contributed by atoms with Crippen LogP contribution < -0.4 is 10.1 Å². The Bertz CT molecular complexity index is 1470. The Hall–Kier alpha value is -3.79. The van der Waals surface area contributed by atoms with Gasteiger partial charge in [0, 0.05) is 21.5 Å². The van der Waals surface area contributed by atoms with Gasteiger partial charge in [0.2, 0.25) is 0 Å². The van der Waals surface area contributed by atoms with E-state index in [9.17, 15) is 10.1 Å². The van der Waals surface area contributed by atoms with Gasteiger partial charge in [0.25, 0.3) is 5.91 Å². The quantitative estimate of drug-likeness (QED) is 0.187. The van der Waals surface area contributed by atoms with Crippen LogP contribution in [0.2, 0.25) is 5.02 Å². The smallest absolute Gasteiger partial charge is 0.266 e. The largest absolute Gasteiger partial charge is 0.489 e. The number of para-hydroxylation sites is 1. The lowest BCUT2D eigenvalue weighted by Crippen LogP contribution is -2.13. The molecule has 0 bridgehead atoms. The third kappa shape index (κ3) is 5.88. The van der Waals surface area contributed by atoms with E-state index in [0.29, 0.717) is 17.3 Å². The maximum absolute atomic E-state index is 12.7. The van der Waals surface area contributed by atoms with Crippen LogP contribution in [0.15, 0.2) is 88.9 Å². The zero-order valence-electron chi connectivity index (χ0n) is 19.8. The number of ether oxygens (including phenoxy) is 1. The first kappa shape index (κ1) is 25.3. The topological polar surface area (TPSA) is 67.0 Å². The Morgan fingerprint density at radius 2 is 1.78 bits per heavy atom. The number of carbonyl (C=O) groups excluding carboxylic acids is 1. The number of anilines is 1. The first-order valence-electron chi connectivity index (χ1n) is 11.2. The molecule has 0 aliphatic carbocycles. The molecule has 7 heteroatoms. The minimum atomic E-state index is -0.511. The number of aromatic nitrogens is 1. The standard InChI is InChI=1S/C29H23BrClN3O2/c1-19-15-22(16-23(17-32)29(35)33-28-6-4-3-5-27(28)31)20(2)34(19)25-11-13-26(14-12-25)36-18-21-7-9-24(30)10-8-21/h3-16H,18H2,1-2H3,(H,33,35)/b23-16-. The number of aryl methyl sites for hydroxylation is 1. The average molecular weight is 561 g/mol. The maximum Gasteiger partial charge on any atom is 0.266 e. The zero-order valence-corrected chi connectivity index (χ0v) is 22.1. The third-order valence-corrected chi connectivity index (χ3v) is 6.53. The number of hydrogen-bond donors (Lipinski definition) is 1. The molecule has 0 aliphatic rings. The Balaban J connectivity index is 1.51. The first-order chi connectivity index (χ1) is 17.4. The highest BCUT2D eigenvalue weighted by molar-refractivity contribution is 9.10. The second kappa shape index (κ2) is 11.3. The van der Waals surface area contributed by atoms with Crippen molar-refractivity contribution in [2.24, 2.45) is 0 Å². The molecule has 1 N–H and O–H groups in total. The van der Waals surface area contributed by atoms with Crippen LogP contribution in [0.3, 0.4) is 0 Å². The second-order valence-electron chi connectivity index (χ2n) is 8.17. The molecule has 3 aromatic carbocycles. The number of nitrogens with zero attached hydrogens (tertiary/aromatic N) is 2. The van der Waals surface area contributed by atoms with Crippen molar-refractivity contribution in [3.05, 3.63) is 116 Å². The predicted octanol–water partition coefficient (Wildman–Crippen LogP) is 7.63. The molecule has 0 saturated heterocycles. The van der Waals surface area contributed by atoms with Gasteiger partial charge in [0.1, 0.15) is 24.0 Å². The summed E-state index contributed by atoms with van der Waals surface area (Å²) >= 11 is 9.57. The number of benzene rings is 3. The zero-order chi connectivity index (χ0) is 25.7. The normalized spacial score (nSPS) is 11.1. The van der Waals surface area contributed by atoms with Crippen LogP contribution in [0.25, 0.3) is 11.8 Å². The molecule has 4 rings (SSSR count). The lowest BCUT2D eigenvalue weighted by atomic mass is 10.1. The molecule has 0 atom stereocenters. The summed E-state index contributed by atoms with van der Waals surface area (Å²) in [7, 11) is 0. The van der Waals surface area contributed by atoms with Gasteiger partial charge in [-0.05, 0) is 85.6 Å². The molecule has 0 aliphatic heterocycles. The van der Waals surface area contributed by atoms with E-state index in [2.05, 4.69) is 25.8 Å². The summed E-state index contributed by atoms with van der Waals surface area (Å²) in [5, 5.41) is 12.7. The van der Waals surface area contributed by atoms with Gasteiger partial charge in [-0.3, -0.25) is 4.79 Å². The van der Waals surface area contributed by atoms with Crippen molar-refractivity contribution in [2.45, 2.75) is 20.5 Å². The van der Waals surface area contributed by atoms with Gasteiger partial charge in [-0.25, -0.2) is 0 Å². The van der Waals surface area contributed by atoms with E-state index in [4.69, 9.17) is 16.3 Å². The third-order valence-electron chi connectivity index (χ3n) is 5.67. The number of rotatable bonds is 7. The van der Waals surface area contributed by atoms with Crippen molar-refractivity contribution >= 4 is 45.2 Å². The number of amides is 1. The molecule has 1 amide bonds. The van der Waals surface area contributed by atoms with Crippen LogP contribution in [0, 0.1) is 25.2 Å². The van der Waals surface area contributed by atoms with Crippen molar-refractivity contribution in [1.82, 2.24) is 4.57 Å². The fraction of sp³-hybridized carbons (Fsp3) is 0.103. The van der Waals surface area contributed by atoms with Gasteiger partial charge in [0.15, 0.2) is 0 Å². The Morgan fingerprint density at radius 1 is 1.08 bits per heavy atom. The Kier molecular flexibility index (Phi) is 7.94. The van der Waals surface area contributed by atoms with E-state index in [1.165, 1.54) is 0 Å². The van der Waals surface area contributed by atoms with E-state index in [-0.39, 0.29) is 5.57 Å². The molecule has 0 saturated carbocycles. The fourth-order valence-corrected chi connectivity index (χ4v) is 4.27. The number of nitriles is 1. The summed E-state index contributed by atoms with van der Waals surface area (Å²) in [6.45, 7) is 4.42. The molecule has 0 spiro atoms. The van der Waals surface area contributed by atoms with Gasteiger partial charge in [-0.15, -0.1) is 0 Å². The molecule has 180 valence electrons. The minimum absolute atomic E-state index is 0.00754. The van der Waals surface area contributed by atoms with Crippen LogP contribution in [0.5, 0.6) is 5.75 Å². The Morgan fingerprint density at radius 3 is 2.44 bits per heavy atom. The van der Waals surface area contributed by atoms with E-state index >= 15 is 0 Å².